The van der Waals surface area contributed by atoms with Gasteiger partial charge in [-0.05, 0) is 30.0 Å². The van der Waals surface area contributed by atoms with Crippen molar-refractivity contribution in [3.63, 3.8) is 0 Å². The van der Waals surface area contributed by atoms with Crippen molar-refractivity contribution in [1.82, 2.24) is 5.32 Å². The molecule has 1 N–H and O–H groups in total. The molecule has 1 aromatic rings. The summed E-state index contributed by atoms with van der Waals surface area (Å²) in [5, 5.41) is 2.75. The fourth-order valence-electron chi connectivity index (χ4n) is 1.20. The monoisotopic (exact) mass is 257 g/mol. The fraction of sp³-hybridized carbons (Fsp3) is 0.462. The number of amides is 1. The molecule has 0 aliphatic rings. The highest BCUT2D eigenvalue weighted by molar-refractivity contribution is 6.18. The van der Waals surface area contributed by atoms with Gasteiger partial charge in [-0.25, -0.2) is 4.39 Å². The van der Waals surface area contributed by atoms with Crippen LogP contribution in [0.3, 0.4) is 0 Å². The van der Waals surface area contributed by atoms with Gasteiger partial charge in [-0.3, -0.25) is 4.79 Å². The minimum Gasteiger partial charge on any atom is -0.351 e. The molecule has 4 heteroatoms. The average Bonchev–Trinajstić information content (AvgIpc) is 2.30. The van der Waals surface area contributed by atoms with E-state index in [0.717, 1.165) is 0 Å². The number of halogens is 2. The molecule has 0 atom stereocenters. The van der Waals surface area contributed by atoms with Crippen molar-refractivity contribution < 1.29 is 9.18 Å². The van der Waals surface area contributed by atoms with E-state index in [4.69, 9.17) is 11.6 Å². The number of hydrogen-bond acceptors (Lipinski definition) is 1. The molecular weight excluding hydrogens is 241 g/mol. The summed E-state index contributed by atoms with van der Waals surface area (Å²) in [4.78, 5) is 11.7. The molecule has 0 saturated carbocycles. The van der Waals surface area contributed by atoms with Crippen molar-refractivity contribution in [3.05, 3.63) is 35.1 Å². The second-order valence-electron chi connectivity index (χ2n) is 4.94. The largest absolute Gasteiger partial charge is 0.351 e. The van der Waals surface area contributed by atoms with Gasteiger partial charge in [0.1, 0.15) is 5.82 Å². The number of nitrogens with one attached hydrogen (secondary N) is 1. The van der Waals surface area contributed by atoms with Gasteiger partial charge in [0.05, 0.1) is 0 Å². The molecule has 0 radical (unpaired) electrons. The van der Waals surface area contributed by atoms with Crippen LogP contribution in [0.2, 0.25) is 0 Å². The predicted molar refractivity (Wildman–Crippen MR) is 68.0 cm³/mol. The van der Waals surface area contributed by atoms with Crippen molar-refractivity contribution in [1.29, 1.82) is 0 Å². The van der Waals surface area contributed by atoms with E-state index in [9.17, 15) is 9.18 Å². The summed E-state index contributed by atoms with van der Waals surface area (Å²) >= 11 is 5.76. The number of carbonyl (C=O) groups excluding carboxylic acids is 1. The minimum absolute atomic E-state index is 0.166. The van der Waals surface area contributed by atoms with Crippen LogP contribution in [0.15, 0.2) is 18.2 Å². The molecule has 0 aliphatic heterocycles. The number of benzene rings is 1. The van der Waals surface area contributed by atoms with Crippen LogP contribution in [0.25, 0.3) is 0 Å². The van der Waals surface area contributed by atoms with E-state index in [0.29, 0.717) is 23.6 Å². The molecule has 2 nitrogen and oxygen atoms in total. The van der Waals surface area contributed by atoms with Crippen LogP contribution in [0.4, 0.5) is 4.39 Å². The third-order valence-electron chi connectivity index (χ3n) is 2.52. The van der Waals surface area contributed by atoms with Crippen LogP contribution in [0, 0.1) is 18.2 Å². The van der Waals surface area contributed by atoms with Gasteiger partial charge in [-0.1, -0.05) is 19.9 Å². The molecule has 1 amide bonds. The molecule has 0 saturated heterocycles. The Labute approximate surface area is 106 Å². The molecule has 0 aromatic heterocycles. The highest BCUT2D eigenvalue weighted by Gasteiger charge is 2.18. The van der Waals surface area contributed by atoms with Crippen LogP contribution >= 0.6 is 11.6 Å². The molecule has 0 unspecified atom stereocenters. The van der Waals surface area contributed by atoms with Gasteiger partial charge in [0.2, 0.25) is 0 Å². The fourth-order valence-corrected chi connectivity index (χ4v) is 1.30. The van der Waals surface area contributed by atoms with Crippen LogP contribution < -0.4 is 5.32 Å². The summed E-state index contributed by atoms with van der Waals surface area (Å²) < 4.78 is 13.3. The van der Waals surface area contributed by atoms with E-state index < -0.39 is 0 Å². The Morgan fingerprint density at radius 1 is 1.47 bits per heavy atom. The third kappa shape index (κ3) is 4.00. The first-order valence-electron chi connectivity index (χ1n) is 5.46. The van der Waals surface area contributed by atoms with E-state index >= 15 is 0 Å². The Morgan fingerprint density at radius 2 is 2.12 bits per heavy atom. The van der Waals surface area contributed by atoms with Crippen molar-refractivity contribution in [2.24, 2.45) is 5.41 Å². The van der Waals surface area contributed by atoms with Crippen LogP contribution in [0.1, 0.15) is 29.8 Å². The Kier molecular flexibility index (Phi) is 4.52. The molecule has 1 aromatic carbocycles. The normalized spacial score (nSPS) is 11.4. The summed E-state index contributed by atoms with van der Waals surface area (Å²) in [6.45, 7) is 6.03. The van der Waals surface area contributed by atoms with E-state index in [1.807, 2.05) is 13.8 Å². The van der Waals surface area contributed by atoms with Crippen LogP contribution in [-0.2, 0) is 0 Å². The molecule has 0 aliphatic carbocycles. The second kappa shape index (κ2) is 5.50. The first-order valence-corrected chi connectivity index (χ1v) is 5.99. The summed E-state index contributed by atoms with van der Waals surface area (Å²) in [7, 11) is 0. The van der Waals surface area contributed by atoms with E-state index in [-0.39, 0.29) is 17.1 Å². The maximum atomic E-state index is 13.3. The van der Waals surface area contributed by atoms with E-state index in [1.165, 1.54) is 6.07 Å². The number of hydrogen-bond donors (Lipinski definition) is 1. The van der Waals surface area contributed by atoms with Gasteiger partial charge < -0.3 is 5.32 Å². The standard InChI is InChI=1S/C13H17ClFNO/c1-9-4-5-10(6-11(9)15)12(17)16-8-13(2,3)7-14/h4-6H,7-8H2,1-3H3,(H,16,17). The highest BCUT2D eigenvalue weighted by Crippen LogP contribution is 2.15. The number of alkyl halides is 1. The number of rotatable bonds is 4. The van der Waals surface area contributed by atoms with Gasteiger partial charge in [0.25, 0.3) is 5.91 Å². The third-order valence-corrected chi connectivity index (χ3v) is 3.25. The number of carbonyl (C=O) groups is 1. The van der Waals surface area contributed by atoms with Crippen LogP contribution in [-0.4, -0.2) is 18.3 Å². The van der Waals surface area contributed by atoms with Crippen LogP contribution in [0.5, 0.6) is 0 Å². The summed E-state index contributed by atoms with van der Waals surface area (Å²) in [5.41, 5.74) is 0.696. The van der Waals surface area contributed by atoms with Gasteiger partial charge in [0, 0.05) is 18.0 Å². The molecule has 0 heterocycles. The maximum Gasteiger partial charge on any atom is 0.251 e. The smallest absolute Gasteiger partial charge is 0.251 e. The predicted octanol–water partition coefficient (Wildman–Crippen LogP) is 3.13. The first-order chi connectivity index (χ1) is 7.85. The minimum atomic E-state index is -0.366. The lowest BCUT2D eigenvalue weighted by Crippen LogP contribution is -2.35. The zero-order valence-corrected chi connectivity index (χ0v) is 11.1. The molecule has 0 spiro atoms. The molecular formula is C13H17ClFNO. The molecule has 0 fully saturated rings. The maximum absolute atomic E-state index is 13.3. The van der Waals surface area contributed by atoms with Crippen molar-refractivity contribution in [3.8, 4) is 0 Å². The molecule has 0 bridgehead atoms. The lowest BCUT2D eigenvalue weighted by Gasteiger charge is -2.21. The van der Waals surface area contributed by atoms with Gasteiger partial charge in [-0.15, -0.1) is 11.6 Å². The Hall–Kier alpha value is -1.09. The lowest BCUT2D eigenvalue weighted by molar-refractivity contribution is 0.0939. The Morgan fingerprint density at radius 3 is 2.65 bits per heavy atom. The van der Waals surface area contributed by atoms with Crippen molar-refractivity contribution in [2.75, 3.05) is 12.4 Å². The number of aryl methyl sites for hydroxylation is 1. The van der Waals surface area contributed by atoms with Gasteiger partial charge in [0.15, 0.2) is 0 Å². The van der Waals surface area contributed by atoms with Gasteiger partial charge in [-0.2, -0.15) is 0 Å². The second-order valence-corrected chi connectivity index (χ2v) is 5.21. The average molecular weight is 258 g/mol. The first kappa shape index (κ1) is 14.0. The van der Waals surface area contributed by atoms with Gasteiger partial charge >= 0.3 is 0 Å². The molecule has 94 valence electrons. The summed E-state index contributed by atoms with van der Waals surface area (Å²) in [6.07, 6.45) is 0. The van der Waals surface area contributed by atoms with Crippen molar-refractivity contribution >= 4 is 17.5 Å². The molecule has 1 rings (SSSR count). The highest BCUT2D eigenvalue weighted by atomic mass is 35.5. The quantitative estimate of drug-likeness (QED) is 0.825. The summed E-state index contributed by atoms with van der Waals surface area (Å²) in [5.74, 6) is -0.188. The topological polar surface area (TPSA) is 29.1 Å². The summed E-state index contributed by atoms with van der Waals surface area (Å²) in [6, 6.07) is 4.46. The SMILES string of the molecule is Cc1ccc(C(=O)NCC(C)(C)CCl)cc1F. The van der Waals surface area contributed by atoms with E-state index in [2.05, 4.69) is 5.32 Å². The Bertz CT molecular complexity index is 418. The zero-order valence-electron chi connectivity index (χ0n) is 10.3. The van der Waals surface area contributed by atoms with Crippen molar-refractivity contribution in [2.45, 2.75) is 20.8 Å². The molecule has 17 heavy (non-hydrogen) atoms. The van der Waals surface area contributed by atoms with E-state index in [1.54, 1.807) is 19.1 Å². The Balaban J connectivity index is 2.68. The zero-order chi connectivity index (χ0) is 13.1. The lowest BCUT2D eigenvalue weighted by atomic mass is 9.96.